The van der Waals surface area contributed by atoms with E-state index >= 15 is 0 Å². The van der Waals surface area contributed by atoms with E-state index in [2.05, 4.69) is 11.1 Å². The van der Waals surface area contributed by atoms with E-state index < -0.39 is 7.82 Å². The number of Topliss-reactive ketones (excluding diaryl/α,β-unsaturated/α-hetero) is 1. The minimum atomic E-state index is -4.44. The van der Waals surface area contributed by atoms with Crippen LogP contribution in [0.5, 0.6) is 0 Å². The monoisotopic (exact) mass is 252 g/mol. The summed E-state index contributed by atoms with van der Waals surface area (Å²) in [5.74, 6) is -0.198. The average molecular weight is 252 g/mol. The first-order valence-electron chi connectivity index (χ1n) is 4.51. The molecule has 2 N–H and O–H groups in total. The maximum atomic E-state index is 11.3. The maximum Gasteiger partial charge on any atom is 0.469 e. The van der Waals surface area contributed by atoms with Gasteiger partial charge < -0.3 is 19.3 Å². The molecule has 1 aliphatic rings. The standard InChI is InChI=1S/C8H13O7P/c1-6(8(9)7-5-14-7)4-13-2-3-15-16(10,11)12/h7H,1-5H2,(H2,10,11,12). The number of carbonyl (C=O) groups excluding carboxylic acids is 1. The van der Waals surface area contributed by atoms with Crippen molar-refractivity contribution in [3.05, 3.63) is 12.2 Å². The number of hydrogen-bond donors (Lipinski definition) is 2. The Morgan fingerprint density at radius 3 is 2.62 bits per heavy atom. The minimum absolute atomic E-state index is 0.00319. The number of epoxide rings is 1. The number of ketones is 1. The fraction of sp³-hybridized carbons (Fsp3) is 0.625. The zero-order valence-electron chi connectivity index (χ0n) is 8.50. The summed E-state index contributed by atoms with van der Waals surface area (Å²) in [6.07, 6.45) is -0.387. The maximum absolute atomic E-state index is 11.3. The Morgan fingerprint density at radius 1 is 1.50 bits per heavy atom. The van der Waals surface area contributed by atoms with Crippen LogP contribution in [0.25, 0.3) is 0 Å². The van der Waals surface area contributed by atoms with Crippen molar-refractivity contribution in [1.82, 2.24) is 0 Å². The van der Waals surface area contributed by atoms with Gasteiger partial charge in [0.2, 0.25) is 0 Å². The second kappa shape index (κ2) is 5.67. The van der Waals surface area contributed by atoms with Crippen LogP contribution in [0, 0.1) is 0 Å². The summed E-state index contributed by atoms with van der Waals surface area (Å²) in [6, 6.07) is 0. The van der Waals surface area contributed by atoms with Gasteiger partial charge in [-0.25, -0.2) is 4.57 Å². The third-order valence-electron chi connectivity index (χ3n) is 1.74. The fourth-order valence-corrected chi connectivity index (χ4v) is 1.22. The molecule has 1 aliphatic heterocycles. The Hall–Kier alpha value is -0.560. The predicted molar refractivity (Wildman–Crippen MR) is 52.7 cm³/mol. The summed E-state index contributed by atoms with van der Waals surface area (Å²) in [5.41, 5.74) is 0.277. The lowest BCUT2D eigenvalue weighted by atomic mass is 10.1. The van der Waals surface area contributed by atoms with Crippen molar-refractivity contribution in [2.24, 2.45) is 0 Å². The number of phosphoric acid groups is 1. The summed E-state index contributed by atoms with van der Waals surface area (Å²) in [7, 11) is -4.44. The third kappa shape index (κ3) is 5.50. The molecular weight excluding hydrogens is 239 g/mol. The SMILES string of the molecule is C=C(COCCOP(=O)(O)O)C(=O)C1CO1. The molecule has 0 aliphatic carbocycles. The molecule has 0 saturated carbocycles. The molecule has 1 heterocycles. The molecule has 1 atom stereocenters. The van der Waals surface area contributed by atoms with E-state index in [4.69, 9.17) is 19.3 Å². The van der Waals surface area contributed by atoms with Gasteiger partial charge in [0.25, 0.3) is 0 Å². The van der Waals surface area contributed by atoms with Gasteiger partial charge in [-0.05, 0) is 0 Å². The molecule has 0 amide bonds. The minimum Gasteiger partial charge on any atom is -0.374 e. The Labute approximate surface area is 92.2 Å². The highest BCUT2D eigenvalue weighted by Crippen LogP contribution is 2.35. The van der Waals surface area contributed by atoms with Crippen molar-refractivity contribution in [3.63, 3.8) is 0 Å². The molecule has 0 aromatic heterocycles. The normalized spacial score (nSPS) is 19.5. The van der Waals surface area contributed by atoms with Gasteiger partial charge in [0.15, 0.2) is 5.78 Å². The highest BCUT2D eigenvalue weighted by atomic mass is 31.2. The van der Waals surface area contributed by atoms with Crippen molar-refractivity contribution in [3.8, 4) is 0 Å². The lowest BCUT2D eigenvalue weighted by Gasteiger charge is -2.06. The smallest absolute Gasteiger partial charge is 0.374 e. The Bertz CT molecular complexity index is 316. The number of hydrogen-bond acceptors (Lipinski definition) is 5. The second-order valence-corrected chi connectivity index (χ2v) is 4.41. The van der Waals surface area contributed by atoms with Gasteiger partial charge in [0.05, 0.1) is 26.4 Å². The largest absolute Gasteiger partial charge is 0.469 e. The van der Waals surface area contributed by atoms with E-state index in [0.29, 0.717) is 6.61 Å². The number of rotatable bonds is 8. The summed E-state index contributed by atoms with van der Waals surface area (Å²) in [6.45, 7) is 3.66. The molecule has 1 unspecified atom stereocenters. The first-order chi connectivity index (χ1) is 7.40. The summed E-state index contributed by atoms with van der Waals surface area (Å²) < 4.78 is 24.1. The van der Waals surface area contributed by atoms with E-state index in [9.17, 15) is 9.36 Å². The van der Waals surface area contributed by atoms with Crippen molar-refractivity contribution >= 4 is 13.6 Å². The molecule has 0 spiro atoms. The lowest BCUT2D eigenvalue weighted by Crippen LogP contribution is -2.15. The van der Waals surface area contributed by atoms with Gasteiger partial charge in [-0.1, -0.05) is 6.58 Å². The van der Waals surface area contributed by atoms with Crippen molar-refractivity contribution in [1.29, 1.82) is 0 Å². The number of carbonyl (C=O) groups is 1. The Morgan fingerprint density at radius 2 is 2.12 bits per heavy atom. The molecular formula is C8H13O7P. The molecule has 16 heavy (non-hydrogen) atoms. The highest BCUT2D eigenvalue weighted by Gasteiger charge is 2.32. The Kier molecular flexibility index (Phi) is 4.79. The zero-order valence-corrected chi connectivity index (χ0v) is 9.39. The molecule has 1 fully saturated rings. The van der Waals surface area contributed by atoms with Crippen LogP contribution in [0.4, 0.5) is 0 Å². The van der Waals surface area contributed by atoms with Crippen LogP contribution in [-0.2, 0) is 23.4 Å². The van der Waals surface area contributed by atoms with Crippen LogP contribution < -0.4 is 0 Å². The van der Waals surface area contributed by atoms with Gasteiger partial charge in [-0.15, -0.1) is 0 Å². The highest BCUT2D eigenvalue weighted by molar-refractivity contribution is 7.46. The van der Waals surface area contributed by atoms with Crippen LogP contribution in [0.2, 0.25) is 0 Å². The van der Waals surface area contributed by atoms with Crippen LogP contribution >= 0.6 is 7.82 Å². The molecule has 1 saturated heterocycles. The van der Waals surface area contributed by atoms with Gasteiger partial charge in [0, 0.05) is 5.57 Å². The predicted octanol–water partition coefficient (Wildman–Crippen LogP) is -0.364. The topological polar surface area (TPSA) is 106 Å². The number of ether oxygens (including phenoxy) is 2. The van der Waals surface area contributed by atoms with Crippen molar-refractivity contribution in [2.75, 3.05) is 26.4 Å². The molecule has 1 rings (SSSR count). The first kappa shape index (κ1) is 13.5. The first-order valence-corrected chi connectivity index (χ1v) is 6.04. The summed E-state index contributed by atoms with van der Waals surface area (Å²) in [4.78, 5) is 27.9. The van der Waals surface area contributed by atoms with E-state index in [-0.39, 0.29) is 37.3 Å². The lowest BCUT2D eigenvalue weighted by molar-refractivity contribution is -0.117. The summed E-state index contributed by atoms with van der Waals surface area (Å²) >= 11 is 0. The van der Waals surface area contributed by atoms with Crippen LogP contribution in [0.3, 0.4) is 0 Å². The van der Waals surface area contributed by atoms with Crippen LogP contribution in [0.15, 0.2) is 12.2 Å². The van der Waals surface area contributed by atoms with Crippen molar-refractivity contribution < 1.29 is 33.1 Å². The van der Waals surface area contributed by atoms with E-state index in [0.717, 1.165) is 0 Å². The Balaban J connectivity index is 2.04. The fourth-order valence-electron chi connectivity index (χ4n) is 0.909. The van der Waals surface area contributed by atoms with E-state index in [1.807, 2.05) is 0 Å². The zero-order chi connectivity index (χ0) is 12.2. The van der Waals surface area contributed by atoms with Gasteiger partial charge in [0.1, 0.15) is 6.10 Å². The molecule has 0 bridgehead atoms. The second-order valence-electron chi connectivity index (χ2n) is 3.17. The van der Waals surface area contributed by atoms with Gasteiger partial charge in [-0.2, -0.15) is 0 Å². The van der Waals surface area contributed by atoms with E-state index in [1.54, 1.807) is 0 Å². The number of phosphoric ester groups is 1. The molecule has 92 valence electrons. The summed E-state index contributed by atoms with van der Waals surface area (Å²) in [5, 5.41) is 0. The molecule has 0 aromatic carbocycles. The van der Waals surface area contributed by atoms with Crippen molar-refractivity contribution in [2.45, 2.75) is 6.10 Å². The molecule has 7 nitrogen and oxygen atoms in total. The van der Waals surface area contributed by atoms with Gasteiger partial charge in [-0.3, -0.25) is 9.32 Å². The van der Waals surface area contributed by atoms with E-state index in [1.165, 1.54) is 0 Å². The third-order valence-corrected chi connectivity index (χ3v) is 2.26. The van der Waals surface area contributed by atoms with Crippen LogP contribution in [0.1, 0.15) is 0 Å². The molecule has 8 heteroatoms. The molecule has 0 aromatic rings. The van der Waals surface area contributed by atoms with Crippen LogP contribution in [-0.4, -0.2) is 48.1 Å². The molecule has 0 radical (unpaired) electrons. The average Bonchev–Trinajstić information content (AvgIpc) is 2.97. The quantitative estimate of drug-likeness (QED) is 0.263. The van der Waals surface area contributed by atoms with Gasteiger partial charge >= 0.3 is 7.82 Å².